The number of imide groups is 1. The van der Waals surface area contributed by atoms with E-state index in [9.17, 15) is 9.59 Å². The topological polar surface area (TPSA) is 84.2 Å². The second-order valence-corrected chi connectivity index (χ2v) is 3.45. The van der Waals surface area contributed by atoms with Gasteiger partial charge in [-0.15, -0.1) is 0 Å². The number of benzene rings is 1. The first-order valence-electron chi connectivity index (χ1n) is 4.61. The van der Waals surface area contributed by atoms with Gasteiger partial charge >= 0.3 is 6.03 Å². The lowest BCUT2D eigenvalue weighted by Gasteiger charge is -2.23. The molecule has 1 aromatic rings. The van der Waals surface area contributed by atoms with E-state index < -0.39 is 6.03 Å². The number of carbonyl (C=O) groups is 2. The van der Waals surface area contributed by atoms with Crippen molar-refractivity contribution in [2.75, 3.05) is 5.73 Å². The lowest BCUT2D eigenvalue weighted by molar-refractivity contribution is -0.121. The Bertz CT molecular complexity index is 384. The summed E-state index contributed by atoms with van der Waals surface area (Å²) in [5.41, 5.74) is 7.08. The summed E-state index contributed by atoms with van der Waals surface area (Å²) in [5, 5.41) is 4.85. The molecule has 0 aliphatic carbocycles. The van der Waals surface area contributed by atoms with Crippen LogP contribution in [0.5, 0.6) is 0 Å². The average Bonchev–Trinajstić information content (AvgIpc) is 2.17. The molecule has 1 aliphatic heterocycles. The van der Waals surface area contributed by atoms with Crippen molar-refractivity contribution in [2.24, 2.45) is 0 Å². The fourth-order valence-electron chi connectivity index (χ4n) is 1.54. The standard InChI is InChI=1S/C10H11N3O2/c11-7-3-1-6(2-4-7)8-5-9(14)13-10(15)12-8/h1-4,8H,5,11H2,(H2,12,13,14,15). The van der Waals surface area contributed by atoms with Crippen LogP contribution in [0.4, 0.5) is 10.5 Å². The normalized spacial score (nSPS) is 20.7. The second-order valence-electron chi connectivity index (χ2n) is 3.45. The summed E-state index contributed by atoms with van der Waals surface area (Å²) in [6.45, 7) is 0. The summed E-state index contributed by atoms with van der Waals surface area (Å²) < 4.78 is 0. The Kier molecular flexibility index (Phi) is 2.29. The largest absolute Gasteiger partial charge is 0.399 e. The zero-order valence-electron chi connectivity index (χ0n) is 7.99. The summed E-state index contributed by atoms with van der Waals surface area (Å²) >= 11 is 0. The first-order valence-corrected chi connectivity index (χ1v) is 4.61. The highest BCUT2D eigenvalue weighted by molar-refractivity contribution is 5.97. The maximum Gasteiger partial charge on any atom is 0.321 e. The molecule has 1 unspecified atom stereocenters. The van der Waals surface area contributed by atoms with Gasteiger partial charge in [-0.2, -0.15) is 0 Å². The molecule has 5 nitrogen and oxygen atoms in total. The molecular formula is C10H11N3O2. The van der Waals surface area contributed by atoms with Crippen LogP contribution in [0.2, 0.25) is 0 Å². The van der Waals surface area contributed by atoms with Crippen molar-refractivity contribution in [3.63, 3.8) is 0 Å². The number of urea groups is 1. The number of carbonyl (C=O) groups excluding carboxylic acids is 2. The monoisotopic (exact) mass is 205 g/mol. The van der Waals surface area contributed by atoms with Crippen molar-refractivity contribution >= 4 is 17.6 Å². The maximum absolute atomic E-state index is 11.1. The third-order valence-corrected chi connectivity index (χ3v) is 2.29. The SMILES string of the molecule is Nc1ccc(C2CC(=O)NC(=O)N2)cc1. The van der Waals surface area contributed by atoms with E-state index in [0.29, 0.717) is 5.69 Å². The highest BCUT2D eigenvalue weighted by atomic mass is 16.2. The zero-order chi connectivity index (χ0) is 10.8. The van der Waals surface area contributed by atoms with Crippen LogP contribution in [-0.2, 0) is 4.79 Å². The Balaban J connectivity index is 2.19. The molecule has 5 heteroatoms. The van der Waals surface area contributed by atoms with E-state index in [4.69, 9.17) is 5.73 Å². The smallest absolute Gasteiger partial charge is 0.321 e. The molecule has 1 heterocycles. The van der Waals surface area contributed by atoms with Gasteiger partial charge in [0.15, 0.2) is 0 Å². The van der Waals surface area contributed by atoms with Crippen LogP contribution < -0.4 is 16.4 Å². The van der Waals surface area contributed by atoms with Crippen molar-refractivity contribution in [2.45, 2.75) is 12.5 Å². The predicted molar refractivity (Wildman–Crippen MR) is 54.9 cm³/mol. The van der Waals surface area contributed by atoms with E-state index in [1.807, 2.05) is 0 Å². The van der Waals surface area contributed by atoms with Gasteiger partial charge in [0, 0.05) is 5.69 Å². The lowest BCUT2D eigenvalue weighted by Crippen LogP contribution is -2.48. The highest BCUT2D eigenvalue weighted by Crippen LogP contribution is 2.19. The molecule has 0 spiro atoms. The molecule has 15 heavy (non-hydrogen) atoms. The maximum atomic E-state index is 11.1. The van der Waals surface area contributed by atoms with E-state index in [1.54, 1.807) is 24.3 Å². The predicted octanol–water partition coefficient (Wildman–Crippen LogP) is 0.539. The minimum Gasteiger partial charge on any atom is -0.399 e. The molecule has 4 N–H and O–H groups in total. The van der Waals surface area contributed by atoms with E-state index in [2.05, 4.69) is 10.6 Å². The van der Waals surface area contributed by atoms with E-state index in [1.165, 1.54) is 0 Å². The number of nitrogens with two attached hydrogens (primary N) is 1. The molecule has 1 saturated heterocycles. The van der Waals surface area contributed by atoms with Crippen molar-refractivity contribution in [1.82, 2.24) is 10.6 Å². The molecule has 0 saturated carbocycles. The Morgan fingerprint density at radius 2 is 1.87 bits per heavy atom. The number of hydrogen-bond acceptors (Lipinski definition) is 3. The minimum absolute atomic E-state index is 0.258. The van der Waals surface area contributed by atoms with Crippen molar-refractivity contribution < 1.29 is 9.59 Å². The van der Waals surface area contributed by atoms with Crippen molar-refractivity contribution in [1.29, 1.82) is 0 Å². The molecule has 1 aromatic carbocycles. The summed E-state index contributed by atoms with van der Waals surface area (Å²) in [6.07, 6.45) is 0.260. The Hall–Kier alpha value is -2.04. The quantitative estimate of drug-likeness (QED) is 0.585. The summed E-state index contributed by atoms with van der Waals surface area (Å²) in [7, 11) is 0. The molecule has 0 radical (unpaired) electrons. The van der Waals surface area contributed by atoms with Gasteiger partial charge in [0.1, 0.15) is 0 Å². The molecule has 1 aliphatic rings. The van der Waals surface area contributed by atoms with E-state index in [0.717, 1.165) is 5.56 Å². The molecule has 2 rings (SSSR count). The van der Waals surface area contributed by atoms with Crippen LogP contribution in [0.15, 0.2) is 24.3 Å². The van der Waals surface area contributed by atoms with E-state index in [-0.39, 0.29) is 18.4 Å². The molecule has 3 amide bonds. The third kappa shape index (κ3) is 2.07. The number of nitrogens with one attached hydrogen (secondary N) is 2. The van der Waals surface area contributed by atoms with Crippen molar-refractivity contribution in [3.8, 4) is 0 Å². The Morgan fingerprint density at radius 3 is 2.47 bits per heavy atom. The summed E-state index contributed by atoms with van der Waals surface area (Å²) in [6, 6.07) is 6.39. The third-order valence-electron chi connectivity index (χ3n) is 2.29. The van der Waals surface area contributed by atoms with Crippen molar-refractivity contribution in [3.05, 3.63) is 29.8 Å². The first kappa shape index (κ1) is 9.51. The van der Waals surface area contributed by atoms with Crippen LogP contribution in [0.3, 0.4) is 0 Å². The average molecular weight is 205 g/mol. The van der Waals surface area contributed by atoms with Gasteiger partial charge < -0.3 is 11.1 Å². The van der Waals surface area contributed by atoms with Gasteiger partial charge in [-0.25, -0.2) is 4.79 Å². The van der Waals surface area contributed by atoms with Gasteiger partial charge in [0.05, 0.1) is 12.5 Å². The molecule has 0 bridgehead atoms. The molecular weight excluding hydrogens is 194 g/mol. The van der Waals surface area contributed by atoms with Gasteiger partial charge in [0.25, 0.3) is 0 Å². The molecule has 0 aromatic heterocycles. The van der Waals surface area contributed by atoms with Gasteiger partial charge in [-0.3, -0.25) is 10.1 Å². The summed E-state index contributed by atoms with van der Waals surface area (Å²) in [5.74, 6) is -0.263. The van der Waals surface area contributed by atoms with Gasteiger partial charge in [-0.05, 0) is 17.7 Å². The van der Waals surface area contributed by atoms with Gasteiger partial charge in [0.2, 0.25) is 5.91 Å². The molecule has 1 atom stereocenters. The van der Waals surface area contributed by atoms with Gasteiger partial charge in [-0.1, -0.05) is 12.1 Å². The second kappa shape index (κ2) is 3.61. The lowest BCUT2D eigenvalue weighted by atomic mass is 10.0. The summed E-state index contributed by atoms with van der Waals surface area (Å²) in [4.78, 5) is 22.2. The molecule has 1 fully saturated rings. The number of anilines is 1. The van der Waals surface area contributed by atoms with Crippen LogP contribution in [-0.4, -0.2) is 11.9 Å². The number of rotatable bonds is 1. The number of amides is 3. The molecule has 78 valence electrons. The van der Waals surface area contributed by atoms with Crippen LogP contribution in [0.25, 0.3) is 0 Å². The highest BCUT2D eigenvalue weighted by Gasteiger charge is 2.24. The first-order chi connectivity index (χ1) is 7.15. The fourth-order valence-corrected chi connectivity index (χ4v) is 1.54. The fraction of sp³-hybridized carbons (Fsp3) is 0.200. The minimum atomic E-state index is -0.451. The van der Waals surface area contributed by atoms with Crippen LogP contribution >= 0.6 is 0 Å². The zero-order valence-corrected chi connectivity index (χ0v) is 7.99. The number of hydrogen-bond donors (Lipinski definition) is 3. The Morgan fingerprint density at radius 1 is 1.20 bits per heavy atom. The van der Waals surface area contributed by atoms with Crippen LogP contribution in [0, 0.1) is 0 Å². The van der Waals surface area contributed by atoms with E-state index >= 15 is 0 Å². The number of nitrogen functional groups attached to an aromatic ring is 1. The Labute approximate surface area is 86.6 Å². The van der Waals surface area contributed by atoms with Crippen LogP contribution in [0.1, 0.15) is 18.0 Å².